The fourth-order valence-corrected chi connectivity index (χ4v) is 8.38. The molecule has 0 aromatic rings. The van der Waals surface area contributed by atoms with Crippen molar-refractivity contribution in [1.82, 2.24) is 0 Å². The van der Waals surface area contributed by atoms with Gasteiger partial charge in [-0.3, -0.25) is 4.79 Å². The number of alkyl halides is 2. The molecule has 0 spiro atoms. The normalized spacial score (nSPS) is 43.9. The second-order valence-corrected chi connectivity index (χ2v) is 11.8. The average molecular weight is 439 g/mol. The van der Waals surface area contributed by atoms with E-state index < -0.39 is 17.5 Å². The van der Waals surface area contributed by atoms with Crippen molar-refractivity contribution >= 4 is 11.9 Å². The Kier molecular flexibility index (Phi) is 5.37. The van der Waals surface area contributed by atoms with Crippen LogP contribution in [0.25, 0.3) is 0 Å². The van der Waals surface area contributed by atoms with Crippen molar-refractivity contribution in [3.8, 4) is 0 Å². The lowest BCUT2D eigenvalue weighted by Gasteiger charge is -2.61. The number of ether oxygens (including phenoxy) is 2. The van der Waals surface area contributed by atoms with Gasteiger partial charge < -0.3 is 9.47 Å². The Morgan fingerprint density at radius 1 is 0.935 bits per heavy atom. The van der Waals surface area contributed by atoms with Gasteiger partial charge in [0, 0.05) is 12.3 Å². The standard InChI is InChI=1S/C25H36F2O4/c1-23(26,27)22(29)30-15-24-10-16-8-17(11-24)13-25(12-16,14-24)31-21(28)20-7-6-18-4-2-3-5-19(18)9-20/h16-20H,2-15H2,1H3. The maximum absolute atomic E-state index is 13.3. The number of carbonyl (C=O) groups excluding carboxylic acids is 2. The first-order chi connectivity index (χ1) is 14.7. The summed E-state index contributed by atoms with van der Waals surface area (Å²) in [5.74, 6) is -2.58. The van der Waals surface area contributed by atoms with Gasteiger partial charge in [0.2, 0.25) is 0 Å². The summed E-state index contributed by atoms with van der Waals surface area (Å²) in [6.07, 6.45) is 13.6. The Bertz CT molecular complexity index is 716. The number of esters is 2. The van der Waals surface area contributed by atoms with E-state index >= 15 is 0 Å². The van der Waals surface area contributed by atoms with Gasteiger partial charge in [-0.25, -0.2) is 4.79 Å². The van der Waals surface area contributed by atoms with E-state index in [1.54, 1.807) is 0 Å². The number of fused-ring (bicyclic) bond motifs is 1. The quantitative estimate of drug-likeness (QED) is 0.519. The van der Waals surface area contributed by atoms with Crippen molar-refractivity contribution in [2.75, 3.05) is 6.61 Å². The van der Waals surface area contributed by atoms with Crippen LogP contribution in [0.1, 0.15) is 90.4 Å². The number of rotatable bonds is 5. The van der Waals surface area contributed by atoms with Crippen LogP contribution >= 0.6 is 0 Å². The Labute approximate surface area is 183 Å². The molecule has 0 aromatic heterocycles. The van der Waals surface area contributed by atoms with Gasteiger partial charge in [0.15, 0.2) is 0 Å². The highest BCUT2D eigenvalue weighted by molar-refractivity contribution is 5.77. The van der Waals surface area contributed by atoms with Crippen molar-refractivity contribution in [3.05, 3.63) is 0 Å². The molecule has 0 saturated heterocycles. The first-order valence-corrected chi connectivity index (χ1v) is 12.4. The second-order valence-electron chi connectivity index (χ2n) is 11.8. The summed E-state index contributed by atoms with van der Waals surface area (Å²) >= 11 is 0. The van der Waals surface area contributed by atoms with E-state index in [-0.39, 0.29) is 23.9 Å². The van der Waals surface area contributed by atoms with Gasteiger partial charge in [0.1, 0.15) is 5.60 Å². The number of carbonyl (C=O) groups is 2. The summed E-state index contributed by atoms with van der Waals surface area (Å²) in [6, 6.07) is 0. The molecular weight excluding hydrogens is 402 g/mol. The monoisotopic (exact) mass is 438 g/mol. The molecule has 0 radical (unpaired) electrons. The van der Waals surface area contributed by atoms with Crippen molar-refractivity contribution in [3.63, 3.8) is 0 Å². The topological polar surface area (TPSA) is 52.6 Å². The lowest BCUT2D eigenvalue weighted by Crippen LogP contribution is -2.59. The smallest absolute Gasteiger partial charge is 0.376 e. The van der Waals surface area contributed by atoms with Crippen molar-refractivity contribution in [1.29, 1.82) is 0 Å². The van der Waals surface area contributed by atoms with E-state index in [2.05, 4.69) is 0 Å². The van der Waals surface area contributed by atoms with Gasteiger partial charge in [-0.15, -0.1) is 0 Å². The minimum Gasteiger partial charge on any atom is -0.461 e. The van der Waals surface area contributed by atoms with Crippen LogP contribution in [0.3, 0.4) is 0 Å². The zero-order chi connectivity index (χ0) is 21.9. The van der Waals surface area contributed by atoms with Crippen molar-refractivity contribution in [2.45, 2.75) is 102 Å². The number of hydrogen-bond donors (Lipinski definition) is 0. The molecule has 0 aromatic carbocycles. The Hall–Kier alpha value is -1.20. The van der Waals surface area contributed by atoms with Crippen molar-refractivity contribution < 1.29 is 27.8 Å². The van der Waals surface area contributed by atoms with Crippen LogP contribution in [-0.2, 0) is 19.1 Å². The Morgan fingerprint density at radius 2 is 1.61 bits per heavy atom. The molecule has 5 unspecified atom stereocenters. The van der Waals surface area contributed by atoms with Crippen LogP contribution in [0, 0.1) is 35.0 Å². The lowest BCUT2D eigenvalue weighted by atomic mass is 9.48. The molecule has 4 bridgehead atoms. The largest absolute Gasteiger partial charge is 0.461 e. The Balaban J connectivity index is 1.25. The molecule has 6 aliphatic carbocycles. The van der Waals surface area contributed by atoms with Gasteiger partial charge >= 0.3 is 17.9 Å². The van der Waals surface area contributed by atoms with Crippen LogP contribution in [0.2, 0.25) is 0 Å². The second kappa shape index (κ2) is 7.69. The predicted octanol–water partition coefficient (Wildman–Crippen LogP) is 5.67. The maximum atomic E-state index is 13.3. The zero-order valence-electron chi connectivity index (χ0n) is 18.7. The SMILES string of the molecule is CC(F)(F)C(=O)OCC12CC3CC(C1)CC(OC(=O)C1CCC4CCCCC4C1)(C3)C2. The lowest BCUT2D eigenvalue weighted by molar-refractivity contribution is -0.217. The predicted molar refractivity (Wildman–Crippen MR) is 110 cm³/mol. The van der Waals surface area contributed by atoms with Gasteiger partial charge in [-0.05, 0) is 81.5 Å². The highest BCUT2D eigenvalue weighted by Gasteiger charge is 2.60. The van der Waals surface area contributed by atoms with Crippen LogP contribution in [0.5, 0.6) is 0 Å². The highest BCUT2D eigenvalue weighted by atomic mass is 19.3. The van der Waals surface area contributed by atoms with Crippen molar-refractivity contribution in [2.24, 2.45) is 35.0 Å². The molecule has 0 N–H and O–H groups in total. The van der Waals surface area contributed by atoms with Crippen LogP contribution in [0.15, 0.2) is 0 Å². The van der Waals surface area contributed by atoms with Crippen LogP contribution < -0.4 is 0 Å². The van der Waals surface area contributed by atoms with E-state index in [0.717, 1.165) is 57.3 Å². The zero-order valence-corrected chi connectivity index (χ0v) is 18.7. The van der Waals surface area contributed by atoms with E-state index in [4.69, 9.17) is 9.47 Å². The van der Waals surface area contributed by atoms with E-state index in [0.29, 0.717) is 31.1 Å². The molecule has 6 fully saturated rings. The maximum Gasteiger partial charge on any atom is 0.376 e. The molecule has 0 aliphatic heterocycles. The molecule has 4 nitrogen and oxygen atoms in total. The summed E-state index contributed by atoms with van der Waals surface area (Å²) in [6.45, 7) is 0.605. The van der Waals surface area contributed by atoms with E-state index in [1.165, 1.54) is 25.7 Å². The van der Waals surface area contributed by atoms with Gasteiger partial charge in [-0.2, -0.15) is 8.78 Å². The van der Waals surface area contributed by atoms with Gasteiger partial charge in [0.25, 0.3) is 0 Å². The molecule has 6 aliphatic rings. The third-order valence-electron chi connectivity index (χ3n) is 9.19. The third kappa shape index (κ3) is 4.25. The fourth-order valence-electron chi connectivity index (χ4n) is 8.38. The fraction of sp³-hybridized carbons (Fsp3) is 0.920. The minimum absolute atomic E-state index is 0.0138. The van der Waals surface area contributed by atoms with Gasteiger partial charge in [0.05, 0.1) is 12.5 Å². The molecule has 0 amide bonds. The minimum atomic E-state index is -3.47. The van der Waals surface area contributed by atoms with E-state index in [9.17, 15) is 18.4 Å². The van der Waals surface area contributed by atoms with E-state index in [1.807, 2.05) is 0 Å². The first-order valence-electron chi connectivity index (χ1n) is 12.4. The molecule has 6 saturated carbocycles. The molecule has 174 valence electrons. The highest BCUT2D eigenvalue weighted by Crippen LogP contribution is 2.63. The molecule has 31 heavy (non-hydrogen) atoms. The number of halogens is 2. The molecule has 6 rings (SSSR count). The summed E-state index contributed by atoms with van der Waals surface area (Å²) in [4.78, 5) is 24.9. The molecular formula is C25H36F2O4. The summed E-state index contributed by atoms with van der Waals surface area (Å²) in [5, 5.41) is 0. The average Bonchev–Trinajstić information content (AvgIpc) is 2.69. The summed E-state index contributed by atoms with van der Waals surface area (Å²) in [7, 11) is 0. The first kappa shape index (κ1) is 21.6. The summed E-state index contributed by atoms with van der Waals surface area (Å²) in [5.41, 5.74) is -0.794. The molecule has 5 atom stereocenters. The van der Waals surface area contributed by atoms with Crippen LogP contribution in [0.4, 0.5) is 8.78 Å². The summed E-state index contributed by atoms with van der Waals surface area (Å²) < 4.78 is 38.0. The molecule has 0 heterocycles. The molecule has 6 heteroatoms. The Morgan fingerprint density at radius 3 is 2.29 bits per heavy atom. The van der Waals surface area contributed by atoms with Gasteiger partial charge in [-0.1, -0.05) is 25.7 Å². The number of hydrogen-bond acceptors (Lipinski definition) is 4. The van der Waals surface area contributed by atoms with Crippen LogP contribution in [-0.4, -0.2) is 30.1 Å². The third-order valence-corrected chi connectivity index (χ3v) is 9.19.